The predicted octanol–water partition coefficient (Wildman–Crippen LogP) is 12.1. The zero-order chi connectivity index (χ0) is 30.7. The van der Waals surface area contributed by atoms with Crippen LogP contribution in [0.3, 0.4) is 0 Å². The zero-order valence-electron chi connectivity index (χ0n) is 28.6. The molecule has 0 radical (unpaired) electrons. The Labute approximate surface area is 263 Å². The number of unbranched alkanes of at least 4 members (excludes halogenated alkanes) is 5. The number of hydrogen-bond donors (Lipinski definition) is 0. The molecule has 0 heterocycles. The summed E-state index contributed by atoms with van der Waals surface area (Å²) in [6.45, 7) is 19.0. The van der Waals surface area contributed by atoms with Crippen LogP contribution in [0.15, 0.2) is 12.2 Å². The van der Waals surface area contributed by atoms with Gasteiger partial charge in [-0.3, -0.25) is 4.79 Å². The van der Waals surface area contributed by atoms with E-state index in [0.29, 0.717) is 36.4 Å². The maximum atomic E-state index is 11.1. The van der Waals surface area contributed by atoms with Crippen molar-refractivity contribution in [3.05, 3.63) is 12.2 Å². The summed E-state index contributed by atoms with van der Waals surface area (Å²) in [4.78, 5) is 11.1. The molecule has 1 saturated carbocycles. The summed E-state index contributed by atoms with van der Waals surface area (Å²) in [5, 5.41) is -0.221. The second kappa shape index (κ2) is 21.7. The van der Waals surface area contributed by atoms with Crippen molar-refractivity contribution < 1.29 is 13.6 Å². The lowest BCUT2D eigenvalue weighted by molar-refractivity contribution is -0.111. The molecule has 0 N–H and O–H groups in total. The van der Waals surface area contributed by atoms with Gasteiger partial charge in [0, 0.05) is 18.6 Å². The van der Waals surface area contributed by atoms with E-state index < -0.39 is 16.6 Å². The third-order valence-electron chi connectivity index (χ3n) is 10.8. The van der Waals surface area contributed by atoms with E-state index in [0.717, 1.165) is 19.3 Å². The van der Waals surface area contributed by atoms with Crippen LogP contribution in [0.2, 0.25) is 36.3 Å². The first kappa shape index (κ1) is 39.1. The third-order valence-corrected chi connectivity index (χ3v) is 20.4. The summed E-state index contributed by atoms with van der Waals surface area (Å²) in [7, 11) is -3.32. The molecule has 1 aliphatic rings. The van der Waals surface area contributed by atoms with Crippen molar-refractivity contribution in [2.45, 2.75) is 187 Å². The minimum absolute atomic E-state index is 0.221. The van der Waals surface area contributed by atoms with Crippen LogP contribution in [0.4, 0.5) is 0 Å². The molecule has 5 atom stereocenters. The summed E-state index contributed by atoms with van der Waals surface area (Å²) in [5.41, 5.74) is 0. The van der Waals surface area contributed by atoms with E-state index in [1.165, 1.54) is 94.1 Å². The molecule has 0 saturated heterocycles. The fraction of sp³-hybridized carbons (Fsp3) is 0.914. The van der Waals surface area contributed by atoms with E-state index in [1.54, 1.807) is 0 Å². The Morgan fingerprint density at radius 3 is 1.98 bits per heavy atom. The van der Waals surface area contributed by atoms with Crippen LogP contribution >= 0.6 is 11.6 Å². The van der Waals surface area contributed by atoms with Crippen molar-refractivity contribution in [2.24, 2.45) is 17.8 Å². The lowest BCUT2D eigenvalue weighted by atomic mass is 9.83. The minimum atomic E-state index is -1.68. The minimum Gasteiger partial charge on any atom is -0.414 e. The lowest BCUT2D eigenvalue weighted by Gasteiger charge is -2.37. The van der Waals surface area contributed by atoms with Crippen LogP contribution in [0, 0.1) is 17.8 Å². The maximum Gasteiger partial charge on any atom is 0.221 e. The fourth-order valence-corrected chi connectivity index (χ4v) is 13.4. The molecule has 0 aromatic heterocycles. The molecule has 0 aromatic rings. The fourth-order valence-electron chi connectivity index (χ4n) is 7.38. The third kappa shape index (κ3) is 13.7. The highest BCUT2D eigenvalue weighted by Gasteiger charge is 2.44. The smallest absolute Gasteiger partial charge is 0.221 e. The molecular formula is C35H69ClO3Si2. The van der Waals surface area contributed by atoms with Crippen molar-refractivity contribution in [2.75, 3.05) is 0 Å². The summed E-state index contributed by atoms with van der Waals surface area (Å²) in [6.07, 6.45) is 20.4. The highest BCUT2D eigenvalue weighted by molar-refractivity contribution is 6.74. The molecular weight excluding hydrogens is 560 g/mol. The number of carbonyl (C=O) groups excluding carboxylic acids is 1. The van der Waals surface area contributed by atoms with Crippen LogP contribution < -0.4 is 0 Å². The first-order valence-electron chi connectivity index (χ1n) is 17.9. The number of allylic oxidation sites excluding steroid dienone is 2. The van der Waals surface area contributed by atoms with Crippen molar-refractivity contribution >= 4 is 33.5 Å². The highest BCUT2D eigenvalue weighted by Crippen LogP contribution is 2.46. The largest absolute Gasteiger partial charge is 0.414 e. The Kier molecular flexibility index (Phi) is 20.7. The van der Waals surface area contributed by atoms with E-state index in [-0.39, 0.29) is 5.24 Å². The summed E-state index contributed by atoms with van der Waals surface area (Å²) >= 11 is 5.54. The Balaban J connectivity index is 3.09. The topological polar surface area (TPSA) is 35.5 Å². The van der Waals surface area contributed by atoms with Gasteiger partial charge in [-0.1, -0.05) is 99.6 Å². The van der Waals surface area contributed by atoms with E-state index >= 15 is 0 Å². The standard InChI is InChI=1S/C35H69ClO3Si2/c1-9-16-17-18-21-24-31(38-40(10-2,11-3)12-4)27-28-33-32(25-22-19-20-23-26-35(36)37)30(8)29-34(33)39-41(13-5,14-6)15-7/h19,22,30-34H,9-18,20-21,23-29H2,1-8H3/b22-19-/t30-,31-,32-,33+,34+/m0/s1. The Bertz CT molecular complexity index is 691. The molecule has 41 heavy (non-hydrogen) atoms. The van der Waals surface area contributed by atoms with E-state index in [2.05, 4.69) is 67.5 Å². The molecule has 3 nitrogen and oxygen atoms in total. The molecule has 6 heteroatoms. The highest BCUT2D eigenvalue weighted by atomic mass is 35.5. The van der Waals surface area contributed by atoms with E-state index in [4.69, 9.17) is 20.5 Å². The van der Waals surface area contributed by atoms with Gasteiger partial charge in [-0.2, -0.15) is 0 Å². The van der Waals surface area contributed by atoms with Gasteiger partial charge in [0.1, 0.15) is 0 Å². The van der Waals surface area contributed by atoms with Crippen LogP contribution in [-0.4, -0.2) is 34.1 Å². The van der Waals surface area contributed by atoms with Crippen molar-refractivity contribution in [3.63, 3.8) is 0 Å². The lowest BCUT2D eigenvalue weighted by Crippen LogP contribution is -2.42. The monoisotopic (exact) mass is 628 g/mol. The molecule has 242 valence electrons. The molecule has 1 fully saturated rings. The molecule has 0 aromatic carbocycles. The van der Waals surface area contributed by atoms with Gasteiger partial charge in [-0.05, 0) is 111 Å². The molecule has 0 bridgehead atoms. The summed E-state index contributed by atoms with van der Waals surface area (Å²) in [6, 6.07) is 7.38. The first-order valence-corrected chi connectivity index (χ1v) is 23.3. The van der Waals surface area contributed by atoms with Crippen LogP contribution in [0.5, 0.6) is 0 Å². The average molecular weight is 630 g/mol. The number of rotatable bonds is 25. The quantitative estimate of drug-likeness (QED) is 0.0436. The Hall–Kier alpha value is 0.0538. The van der Waals surface area contributed by atoms with Gasteiger partial charge in [0.2, 0.25) is 5.24 Å². The van der Waals surface area contributed by atoms with Gasteiger partial charge in [0.25, 0.3) is 0 Å². The number of carbonyl (C=O) groups is 1. The second-order valence-corrected chi connectivity index (χ2v) is 23.0. The summed E-state index contributed by atoms with van der Waals surface area (Å²) in [5.74, 6) is 1.96. The summed E-state index contributed by atoms with van der Waals surface area (Å²) < 4.78 is 14.5. The first-order chi connectivity index (χ1) is 19.7. The van der Waals surface area contributed by atoms with Crippen molar-refractivity contribution in [3.8, 4) is 0 Å². The van der Waals surface area contributed by atoms with Gasteiger partial charge in [-0.15, -0.1) is 0 Å². The molecule has 1 rings (SSSR count). The van der Waals surface area contributed by atoms with Crippen molar-refractivity contribution in [1.82, 2.24) is 0 Å². The van der Waals surface area contributed by atoms with Gasteiger partial charge < -0.3 is 8.85 Å². The SMILES string of the molecule is CCCCCCC[C@@H](CC[C@@H]1[C@@H](C/C=C\CCCC(=O)Cl)[C@@H](C)C[C@H]1O[Si](CC)(CC)CC)O[Si](CC)(CC)CC. The zero-order valence-corrected chi connectivity index (χ0v) is 31.3. The molecule has 0 unspecified atom stereocenters. The number of halogens is 1. The average Bonchev–Trinajstić information content (AvgIpc) is 3.27. The molecule has 0 spiro atoms. The molecule has 1 aliphatic carbocycles. The van der Waals surface area contributed by atoms with Gasteiger partial charge in [0.05, 0.1) is 0 Å². The molecule has 0 amide bonds. The van der Waals surface area contributed by atoms with Gasteiger partial charge in [-0.25, -0.2) is 0 Å². The number of hydrogen-bond acceptors (Lipinski definition) is 3. The predicted molar refractivity (Wildman–Crippen MR) is 186 cm³/mol. The van der Waals surface area contributed by atoms with E-state index in [9.17, 15) is 4.79 Å². The van der Waals surface area contributed by atoms with Gasteiger partial charge in [0.15, 0.2) is 16.6 Å². The normalized spacial score (nSPS) is 22.6. The Morgan fingerprint density at radius 1 is 0.805 bits per heavy atom. The van der Waals surface area contributed by atoms with E-state index in [1.807, 2.05) is 0 Å². The van der Waals surface area contributed by atoms with Crippen molar-refractivity contribution in [1.29, 1.82) is 0 Å². The second-order valence-electron chi connectivity index (χ2n) is 13.2. The molecule has 0 aliphatic heterocycles. The maximum absolute atomic E-state index is 11.1. The van der Waals surface area contributed by atoms with Crippen LogP contribution in [0.25, 0.3) is 0 Å². The van der Waals surface area contributed by atoms with Gasteiger partial charge >= 0.3 is 0 Å². The van der Waals surface area contributed by atoms with Crippen LogP contribution in [-0.2, 0) is 13.6 Å². The Morgan fingerprint density at radius 2 is 1.41 bits per heavy atom. The van der Waals surface area contributed by atoms with Crippen LogP contribution in [0.1, 0.15) is 139 Å².